The predicted octanol–water partition coefficient (Wildman–Crippen LogP) is 2.15. The lowest BCUT2D eigenvalue weighted by Gasteiger charge is -2.07. The summed E-state index contributed by atoms with van der Waals surface area (Å²) in [5, 5.41) is 0.264. The van der Waals surface area contributed by atoms with Gasteiger partial charge in [-0.25, -0.2) is 18.1 Å². The molecular weight excluding hydrogens is 382 g/mol. The van der Waals surface area contributed by atoms with Gasteiger partial charge in [0.15, 0.2) is 0 Å². The number of hydrogen-bond acceptors (Lipinski definition) is 5. The smallest absolute Gasteiger partial charge is 0.266 e. The SMILES string of the molecule is O=C(NS(=O)(=O)Cc1ccc(Cl)nc1)c1cncc(Br)c1. The molecule has 9 heteroatoms. The van der Waals surface area contributed by atoms with Crippen LogP contribution in [0.5, 0.6) is 0 Å². The van der Waals surface area contributed by atoms with Gasteiger partial charge in [-0.2, -0.15) is 0 Å². The molecule has 0 spiro atoms. The summed E-state index contributed by atoms with van der Waals surface area (Å²) in [7, 11) is -3.83. The zero-order valence-corrected chi connectivity index (χ0v) is 13.6. The molecule has 21 heavy (non-hydrogen) atoms. The van der Waals surface area contributed by atoms with Gasteiger partial charge in [0, 0.05) is 23.1 Å². The minimum Gasteiger partial charge on any atom is -0.268 e. The standard InChI is InChI=1S/C12H9BrClN3O3S/c13-10-3-9(5-15-6-10)12(18)17-21(19,20)7-8-1-2-11(14)16-4-8/h1-6H,7H2,(H,17,18). The number of pyridine rings is 2. The molecule has 6 nitrogen and oxygen atoms in total. The van der Waals surface area contributed by atoms with Crippen LogP contribution in [0.3, 0.4) is 0 Å². The molecule has 2 heterocycles. The monoisotopic (exact) mass is 389 g/mol. The topological polar surface area (TPSA) is 89.0 Å². The zero-order valence-electron chi connectivity index (χ0n) is 10.5. The first-order chi connectivity index (χ1) is 9.85. The van der Waals surface area contributed by atoms with Gasteiger partial charge in [-0.1, -0.05) is 17.7 Å². The van der Waals surface area contributed by atoms with Gasteiger partial charge in [0.1, 0.15) is 5.15 Å². The number of hydrogen-bond donors (Lipinski definition) is 1. The highest BCUT2D eigenvalue weighted by Crippen LogP contribution is 2.11. The maximum Gasteiger partial charge on any atom is 0.266 e. The van der Waals surface area contributed by atoms with Crippen molar-refractivity contribution in [1.29, 1.82) is 0 Å². The van der Waals surface area contributed by atoms with E-state index in [2.05, 4.69) is 25.9 Å². The number of carbonyl (C=O) groups excluding carboxylic acids is 1. The number of rotatable bonds is 4. The normalized spacial score (nSPS) is 11.1. The van der Waals surface area contributed by atoms with Crippen LogP contribution < -0.4 is 4.72 Å². The van der Waals surface area contributed by atoms with Crippen molar-refractivity contribution in [3.63, 3.8) is 0 Å². The summed E-state index contributed by atoms with van der Waals surface area (Å²) >= 11 is 8.78. The molecule has 2 rings (SSSR count). The van der Waals surface area contributed by atoms with Crippen LogP contribution >= 0.6 is 27.5 Å². The van der Waals surface area contributed by atoms with Crippen molar-refractivity contribution in [1.82, 2.24) is 14.7 Å². The van der Waals surface area contributed by atoms with E-state index in [0.717, 1.165) is 0 Å². The number of nitrogens with zero attached hydrogens (tertiary/aromatic N) is 2. The average Bonchev–Trinajstić information content (AvgIpc) is 2.40. The van der Waals surface area contributed by atoms with Gasteiger partial charge < -0.3 is 0 Å². The second-order valence-corrected chi connectivity index (χ2v) is 7.10. The van der Waals surface area contributed by atoms with E-state index < -0.39 is 15.9 Å². The molecule has 110 valence electrons. The summed E-state index contributed by atoms with van der Waals surface area (Å²) < 4.78 is 26.4. The first-order valence-electron chi connectivity index (χ1n) is 5.61. The first-order valence-corrected chi connectivity index (χ1v) is 8.44. The fourth-order valence-corrected chi connectivity index (χ4v) is 3.04. The van der Waals surface area contributed by atoms with Crippen molar-refractivity contribution in [2.45, 2.75) is 5.75 Å². The third-order valence-corrected chi connectivity index (χ3v) is 4.23. The van der Waals surface area contributed by atoms with E-state index in [9.17, 15) is 13.2 Å². The summed E-state index contributed by atoms with van der Waals surface area (Å²) in [6.45, 7) is 0. The Hall–Kier alpha value is -1.51. The summed E-state index contributed by atoms with van der Waals surface area (Å²) in [4.78, 5) is 19.5. The van der Waals surface area contributed by atoms with Crippen LogP contribution in [-0.4, -0.2) is 24.3 Å². The van der Waals surface area contributed by atoms with E-state index in [0.29, 0.717) is 10.0 Å². The Bertz CT molecular complexity index is 766. The highest BCUT2D eigenvalue weighted by molar-refractivity contribution is 9.10. The minimum absolute atomic E-state index is 0.141. The Morgan fingerprint density at radius 3 is 2.67 bits per heavy atom. The van der Waals surface area contributed by atoms with E-state index in [1.165, 1.54) is 36.8 Å². The van der Waals surface area contributed by atoms with Gasteiger partial charge in [0.2, 0.25) is 10.0 Å². The zero-order chi connectivity index (χ0) is 15.5. The van der Waals surface area contributed by atoms with E-state index in [1.807, 2.05) is 4.72 Å². The molecule has 0 aliphatic carbocycles. The van der Waals surface area contributed by atoms with Crippen LogP contribution in [0.25, 0.3) is 0 Å². The largest absolute Gasteiger partial charge is 0.268 e. The molecule has 0 aliphatic rings. The van der Waals surface area contributed by atoms with Gasteiger partial charge in [0.25, 0.3) is 5.91 Å². The second-order valence-electron chi connectivity index (χ2n) is 4.07. The van der Waals surface area contributed by atoms with Crippen LogP contribution in [0.15, 0.2) is 41.3 Å². The molecule has 0 aliphatic heterocycles. The predicted molar refractivity (Wildman–Crippen MR) is 81.3 cm³/mol. The molecule has 0 aromatic carbocycles. The van der Waals surface area contributed by atoms with Crippen LogP contribution in [-0.2, 0) is 15.8 Å². The number of amides is 1. The van der Waals surface area contributed by atoms with Crippen molar-refractivity contribution in [3.05, 3.63) is 57.5 Å². The molecular formula is C12H9BrClN3O3S. The third kappa shape index (κ3) is 4.76. The summed E-state index contributed by atoms with van der Waals surface area (Å²) in [5.41, 5.74) is 0.564. The number of nitrogens with one attached hydrogen (secondary N) is 1. The van der Waals surface area contributed by atoms with E-state index in [4.69, 9.17) is 11.6 Å². The molecule has 0 saturated carbocycles. The highest BCUT2D eigenvalue weighted by Gasteiger charge is 2.17. The average molecular weight is 391 g/mol. The molecule has 0 unspecified atom stereocenters. The minimum atomic E-state index is -3.83. The fraction of sp³-hybridized carbons (Fsp3) is 0.0833. The first kappa shape index (κ1) is 15.9. The van der Waals surface area contributed by atoms with Gasteiger partial charge in [-0.15, -0.1) is 0 Å². The summed E-state index contributed by atoms with van der Waals surface area (Å²) in [5.74, 6) is -1.12. The van der Waals surface area contributed by atoms with Crippen molar-refractivity contribution in [3.8, 4) is 0 Å². The Kier molecular flexibility index (Phi) is 4.92. The van der Waals surface area contributed by atoms with Crippen LogP contribution in [0.4, 0.5) is 0 Å². The molecule has 0 radical (unpaired) electrons. The molecule has 0 atom stereocenters. The summed E-state index contributed by atoms with van der Waals surface area (Å²) in [6.07, 6.45) is 4.11. The fourth-order valence-electron chi connectivity index (χ4n) is 1.48. The number of carbonyl (C=O) groups is 1. The van der Waals surface area contributed by atoms with Gasteiger partial charge in [-0.3, -0.25) is 9.78 Å². The van der Waals surface area contributed by atoms with E-state index in [-0.39, 0.29) is 16.5 Å². The van der Waals surface area contributed by atoms with Crippen LogP contribution in [0.1, 0.15) is 15.9 Å². The highest BCUT2D eigenvalue weighted by atomic mass is 79.9. The maximum absolute atomic E-state index is 11.9. The summed E-state index contributed by atoms with van der Waals surface area (Å²) in [6, 6.07) is 4.48. The quantitative estimate of drug-likeness (QED) is 0.808. The molecule has 2 aromatic heterocycles. The van der Waals surface area contributed by atoms with E-state index >= 15 is 0 Å². The van der Waals surface area contributed by atoms with E-state index in [1.54, 1.807) is 0 Å². The molecule has 1 amide bonds. The molecule has 0 saturated heterocycles. The Morgan fingerprint density at radius 1 is 1.29 bits per heavy atom. The van der Waals surface area contributed by atoms with Crippen molar-refractivity contribution < 1.29 is 13.2 Å². The number of sulfonamides is 1. The number of halogens is 2. The van der Waals surface area contributed by atoms with Crippen molar-refractivity contribution >= 4 is 43.5 Å². The van der Waals surface area contributed by atoms with Gasteiger partial charge >= 0.3 is 0 Å². The maximum atomic E-state index is 11.9. The lowest BCUT2D eigenvalue weighted by atomic mass is 10.3. The Labute approximate surface area is 134 Å². The molecule has 0 bridgehead atoms. The Morgan fingerprint density at radius 2 is 2.05 bits per heavy atom. The van der Waals surface area contributed by atoms with Crippen molar-refractivity contribution in [2.24, 2.45) is 0 Å². The van der Waals surface area contributed by atoms with Crippen molar-refractivity contribution in [2.75, 3.05) is 0 Å². The second kappa shape index (κ2) is 6.50. The molecule has 2 aromatic rings. The van der Waals surface area contributed by atoms with Crippen LogP contribution in [0.2, 0.25) is 5.15 Å². The number of aromatic nitrogens is 2. The lowest BCUT2D eigenvalue weighted by molar-refractivity contribution is 0.0981. The Balaban J connectivity index is 2.10. The molecule has 1 N–H and O–H groups in total. The third-order valence-electron chi connectivity index (χ3n) is 2.36. The molecule has 0 fully saturated rings. The van der Waals surface area contributed by atoms with Crippen LogP contribution in [0, 0.1) is 0 Å². The van der Waals surface area contributed by atoms with Gasteiger partial charge in [-0.05, 0) is 33.6 Å². The van der Waals surface area contributed by atoms with Gasteiger partial charge in [0.05, 0.1) is 11.3 Å². The lowest BCUT2D eigenvalue weighted by Crippen LogP contribution is -2.31.